The molecule has 0 bridgehead atoms. The molecule has 3 aromatic rings. The Morgan fingerprint density at radius 3 is 3.23 bits per heavy atom. The van der Waals surface area contributed by atoms with Crippen molar-refractivity contribution in [3.63, 3.8) is 0 Å². The summed E-state index contributed by atoms with van der Waals surface area (Å²) in [5, 5.41) is 14.3. The van der Waals surface area contributed by atoms with Gasteiger partial charge >= 0.3 is 5.97 Å². The molecule has 0 unspecified atom stereocenters. The zero-order valence-corrected chi connectivity index (χ0v) is 13.1. The summed E-state index contributed by atoms with van der Waals surface area (Å²) in [5.74, 6) is 0.421. The number of fused-ring (bicyclic) bond motifs is 5. The van der Waals surface area contributed by atoms with E-state index in [2.05, 4.69) is 22.0 Å². The monoisotopic (exact) mass is 316 g/mol. The van der Waals surface area contributed by atoms with Gasteiger partial charge in [0.2, 0.25) is 0 Å². The molecule has 1 aliphatic carbocycles. The number of hydrogen-bond acceptors (Lipinski definition) is 5. The van der Waals surface area contributed by atoms with Gasteiger partial charge in [0.25, 0.3) is 0 Å². The summed E-state index contributed by atoms with van der Waals surface area (Å²) in [6, 6.07) is 0. The number of carbonyl (C=O) groups is 1. The van der Waals surface area contributed by atoms with Crippen molar-refractivity contribution >= 4 is 33.2 Å². The van der Waals surface area contributed by atoms with Crippen molar-refractivity contribution in [3.05, 3.63) is 22.6 Å². The second-order valence-corrected chi connectivity index (χ2v) is 7.05. The maximum Gasteiger partial charge on any atom is 0.303 e. The van der Waals surface area contributed by atoms with Crippen molar-refractivity contribution < 1.29 is 9.90 Å². The summed E-state index contributed by atoms with van der Waals surface area (Å²) in [5.41, 5.74) is 2.19. The molecule has 4 rings (SSSR count). The molecule has 0 fully saturated rings. The fourth-order valence-corrected chi connectivity index (χ4v) is 4.29. The lowest BCUT2D eigenvalue weighted by Gasteiger charge is -2.17. The van der Waals surface area contributed by atoms with Crippen LogP contribution >= 0.6 is 11.3 Å². The lowest BCUT2D eigenvalue weighted by Crippen LogP contribution is -2.09. The van der Waals surface area contributed by atoms with E-state index in [9.17, 15) is 4.79 Å². The third-order valence-corrected chi connectivity index (χ3v) is 5.43. The number of hydrogen-bond donors (Lipinski definition) is 1. The van der Waals surface area contributed by atoms with Crippen molar-refractivity contribution in [2.75, 3.05) is 0 Å². The van der Waals surface area contributed by atoms with E-state index in [1.807, 2.05) is 0 Å². The number of aromatic nitrogens is 4. The molecular formula is C15H16N4O2S. The third-order valence-electron chi connectivity index (χ3n) is 4.23. The topological polar surface area (TPSA) is 80.4 Å². The average Bonchev–Trinajstić information content (AvgIpc) is 3.04. The summed E-state index contributed by atoms with van der Waals surface area (Å²) in [4.78, 5) is 22.2. The van der Waals surface area contributed by atoms with Gasteiger partial charge < -0.3 is 5.11 Å². The molecule has 3 heterocycles. The van der Waals surface area contributed by atoms with Gasteiger partial charge in [-0.05, 0) is 30.7 Å². The maximum atomic E-state index is 10.7. The number of carboxylic acid groups (broad SMARTS) is 1. The number of thiophene rings is 1. The van der Waals surface area contributed by atoms with Crippen LogP contribution in [0.1, 0.15) is 36.0 Å². The van der Waals surface area contributed by atoms with Gasteiger partial charge in [-0.3, -0.25) is 4.79 Å². The Balaban J connectivity index is 1.86. The molecule has 1 atom stereocenters. The first kappa shape index (κ1) is 13.6. The fourth-order valence-electron chi connectivity index (χ4n) is 3.12. The van der Waals surface area contributed by atoms with Crippen LogP contribution in [0.3, 0.4) is 0 Å². The van der Waals surface area contributed by atoms with E-state index in [1.165, 1.54) is 16.9 Å². The normalized spacial score (nSPS) is 18.0. The maximum absolute atomic E-state index is 10.7. The molecule has 0 saturated carbocycles. The average molecular weight is 316 g/mol. The van der Waals surface area contributed by atoms with Crippen LogP contribution in [0.15, 0.2) is 6.33 Å². The number of carboxylic acids is 1. The van der Waals surface area contributed by atoms with E-state index in [4.69, 9.17) is 5.11 Å². The first-order valence-corrected chi connectivity index (χ1v) is 8.29. The molecule has 6 nitrogen and oxygen atoms in total. The SMILES string of the molecule is C[C@@H]1CCc2sc3ncn4nc(CCC(=O)O)nc4c3c2C1. The summed E-state index contributed by atoms with van der Waals surface area (Å²) in [6.07, 6.45) is 5.48. The zero-order chi connectivity index (χ0) is 15.3. The van der Waals surface area contributed by atoms with Gasteiger partial charge in [-0.2, -0.15) is 0 Å². The molecule has 7 heteroatoms. The number of aryl methyl sites for hydroxylation is 2. The van der Waals surface area contributed by atoms with E-state index >= 15 is 0 Å². The Hall–Kier alpha value is -2.02. The van der Waals surface area contributed by atoms with Gasteiger partial charge in [0.05, 0.1) is 11.8 Å². The first-order valence-electron chi connectivity index (χ1n) is 7.48. The van der Waals surface area contributed by atoms with Crippen LogP contribution in [-0.4, -0.2) is 30.7 Å². The fraction of sp³-hybridized carbons (Fsp3) is 0.467. The minimum atomic E-state index is -0.830. The molecule has 1 N–H and O–H groups in total. The molecule has 22 heavy (non-hydrogen) atoms. The van der Waals surface area contributed by atoms with E-state index in [0.29, 0.717) is 18.2 Å². The molecule has 0 aromatic carbocycles. The number of nitrogens with zero attached hydrogens (tertiary/aromatic N) is 4. The highest BCUT2D eigenvalue weighted by Gasteiger charge is 2.23. The Morgan fingerprint density at radius 2 is 2.41 bits per heavy atom. The summed E-state index contributed by atoms with van der Waals surface area (Å²) in [6.45, 7) is 2.28. The van der Waals surface area contributed by atoms with Gasteiger partial charge in [-0.1, -0.05) is 6.92 Å². The number of aliphatic carboxylic acids is 1. The van der Waals surface area contributed by atoms with Crippen LogP contribution in [0.2, 0.25) is 0 Å². The van der Waals surface area contributed by atoms with E-state index in [1.54, 1.807) is 22.2 Å². The third kappa shape index (κ3) is 2.16. The Morgan fingerprint density at radius 1 is 1.55 bits per heavy atom. The summed E-state index contributed by atoms with van der Waals surface area (Å²) >= 11 is 1.76. The quantitative estimate of drug-likeness (QED) is 0.803. The van der Waals surface area contributed by atoms with Crippen molar-refractivity contribution in [1.82, 2.24) is 19.6 Å². The smallest absolute Gasteiger partial charge is 0.303 e. The molecular weight excluding hydrogens is 300 g/mol. The van der Waals surface area contributed by atoms with E-state index in [0.717, 1.165) is 28.7 Å². The lowest BCUT2D eigenvalue weighted by molar-refractivity contribution is -0.137. The minimum absolute atomic E-state index is 0.0478. The van der Waals surface area contributed by atoms with Crippen LogP contribution in [0, 0.1) is 5.92 Å². The summed E-state index contributed by atoms with van der Waals surface area (Å²) < 4.78 is 1.69. The van der Waals surface area contributed by atoms with Crippen molar-refractivity contribution in [3.8, 4) is 0 Å². The van der Waals surface area contributed by atoms with Crippen LogP contribution in [0.4, 0.5) is 0 Å². The van der Waals surface area contributed by atoms with Crippen LogP contribution < -0.4 is 0 Å². The Kier molecular flexibility index (Phi) is 3.11. The first-order chi connectivity index (χ1) is 10.6. The van der Waals surface area contributed by atoms with Crippen molar-refractivity contribution in [2.24, 2.45) is 5.92 Å². The highest BCUT2D eigenvalue weighted by Crippen LogP contribution is 2.38. The van der Waals surface area contributed by atoms with E-state index in [-0.39, 0.29) is 6.42 Å². The van der Waals surface area contributed by atoms with Gasteiger partial charge in [-0.15, -0.1) is 16.4 Å². The predicted octanol–water partition coefficient (Wildman–Crippen LogP) is 2.48. The Bertz CT molecular complexity index is 883. The van der Waals surface area contributed by atoms with Gasteiger partial charge in [0.1, 0.15) is 11.2 Å². The van der Waals surface area contributed by atoms with Crippen LogP contribution in [0.5, 0.6) is 0 Å². The lowest BCUT2D eigenvalue weighted by atomic mass is 9.89. The summed E-state index contributed by atoms with van der Waals surface area (Å²) in [7, 11) is 0. The van der Waals surface area contributed by atoms with E-state index < -0.39 is 5.97 Å². The minimum Gasteiger partial charge on any atom is -0.481 e. The molecule has 1 aliphatic rings. The Labute approximate surface area is 130 Å². The van der Waals surface area contributed by atoms with Gasteiger partial charge in [-0.25, -0.2) is 14.5 Å². The molecule has 114 valence electrons. The second kappa shape index (κ2) is 5.01. The molecule has 0 saturated heterocycles. The largest absolute Gasteiger partial charge is 0.481 e. The second-order valence-electron chi connectivity index (χ2n) is 5.97. The van der Waals surface area contributed by atoms with Crippen molar-refractivity contribution in [2.45, 2.75) is 39.0 Å². The number of rotatable bonds is 3. The standard InChI is InChI=1S/C15H16N4O2S/c1-8-2-3-10-9(6-8)13-14-17-11(4-5-12(20)21)18-19(14)7-16-15(13)22-10/h7-8H,2-6H2,1H3,(H,20,21)/t8-/m1/s1. The predicted molar refractivity (Wildman–Crippen MR) is 83.3 cm³/mol. The highest BCUT2D eigenvalue weighted by atomic mass is 32.1. The van der Waals surface area contributed by atoms with Crippen molar-refractivity contribution in [1.29, 1.82) is 0 Å². The van der Waals surface area contributed by atoms with Gasteiger partial charge in [0, 0.05) is 11.3 Å². The molecule has 3 aromatic heterocycles. The molecule has 0 radical (unpaired) electrons. The highest BCUT2D eigenvalue weighted by molar-refractivity contribution is 7.19. The van der Waals surface area contributed by atoms with Gasteiger partial charge in [0.15, 0.2) is 11.5 Å². The van der Waals surface area contributed by atoms with Crippen LogP contribution in [-0.2, 0) is 24.1 Å². The molecule has 0 amide bonds. The zero-order valence-electron chi connectivity index (χ0n) is 12.2. The molecule has 0 aliphatic heterocycles. The molecule has 0 spiro atoms. The van der Waals surface area contributed by atoms with Crippen LogP contribution in [0.25, 0.3) is 15.9 Å².